The summed E-state index contributed by atoms with van der Waals surface area (Å²) in [4.78, 5) is 0. The topological polar surface area (TPSA) is 21.3 Å². The lowest BCUT2D eigenvalue weighted by Crippen LogP contribution is -2.43. The standard InChI is InChI=1S/C13H27NO/c1-4-10-14-11(2)13(15-3)12-8-6-5-7-9-12/h11-14H,4-10H2,1-3H3. The van der Waals surface area contributed by atoms with E-state index in [4.69, 9.17) is 4.74 Å². The molecule has 0 heterocycles. The van der Waals surface area contributed by atoms with E-state index in [0.717, 1.165) is 12.5 Å². The van der Waals surface area contributed by atoms with Crippen LogP contribution in [0.3, 0.4) is 0 Å². The number of ether oxygens (including phenoxy) is 1. The quantitative estimate of drug-likeness (QED) is 0.732. The fraction of sp³-hybridized carbons (Fsp3) is 1.00. The highest BCUT2D eigenvalue weighted by Gasteiger charge is 2.27. The Kier molecular flexibility index (Phi) is 6.26. The Bertz CT molecular complexity index is 155. The maximum absolute atomic E-state index is 5.69. The summed E-state index contributed by atoms with van der Waals surface area (Å²) < 4.78 is 5.69. The van der Waals surface area contributed by atoms with Gasteiger partial charge in [-0.2, -0.15) is 0 Å². The van der Waals surface area contributed by atoms with Gasteiger partial charge in [0.25, 0.3) is 0 Å². The van der Waals surface area contributed by atoms with Gasteiger partial charge in [-0.25, -0.2) is 0 Å². The van der Waals surface area contributed by atoms with Crippen LogP contribution in [0.2, 0.25) is 0 Å². The SMILES string of the molecule is CCCNC(C)C(OC)C1CCCCC1. The Hall–Kier alpha value is -0.0800. The zero-order chi connectivity index (χ0) is 11.1. The third-order valence-electron chi connectivity index (χ3n) is 3.60. The van der Waals surface area contributed by atoms with Gasteiger partial charge in [-0.1, -0.05) is 26.2 Å². The number of hydrogen-bond acceptors (Lipinski definition) is 2. The van der Waals surface area contributed by atoms with Gasteiger partial charge in [0.05, 0.1) is 6.10 Å². The lowest BCUT2D eigenvalue weighted by atomic mass is 9.83. The van der Waals surface area contributed by atoms with Crippen molar-refractivity contribution in [1.82, 2.24) is 5.32 Å². The van der Waals surface area contributed by atoms with Crippen LogP contribution in [0, 0.1) is 5.92 Å². The molecule has 1 N–H and O–H groups in total. The first-order valence-corrected chi connectivity index (χ1v) is 6.55. The second kappa shape index (κ2) is 7.24. The van der Waals surface area contributed by atoms with E-state index in [-0.39, 0.29) is 0 Å². The maximum Gasteiger partial charge on any atom is 0.0749 e. The molecule has 0 spiro atoms. The third-order valence-corrected chi connectivity index (χ3v) is 3.60. The zero-order valence-corrected chi connectivity index (χ0v) is 10.6. The molecule has 90 valence electrons. The van der Waals surface area contributed by atoms with E-state index in [1.165, 1.54) is 38.5 Å². The van der Waals surface area contributed by atoms with E-state index in [1.807, 2.05) is 7.11 Å². The molecule has 0 bridgehead atoms. The molecule has 15 heavy (non-hydrogen) atoms. The summed E-state index contributed by atoms with van der Waals surface area (Å²) in [6, 6.07) is 0.498. The van der Waals surface area contributed by atoms with E-state index < -0.39 is 0 Å². The molecule has 0 radical (unpaired) electrons. The summed E-state index contributed by atoms with van der Waals surface area (Å²) in [6.45, 7) is 5.58. The molecule has 0 amide bonds. The van der Waals surface area contributed by atoms with Crippen molar-refractivity contribution in [3.63, 3.8) is 0 Å². The van der Waals surface area contributed by atoms with Crippen LogP contribution in [0.5, 0.6) is 0 Å². The molecule has 2 nitrogen and oxygen atoms in total. The summed E-state index contributed by atoms with van der Waals surface area (Å²) in [5.74, 6) is 0.781. The zero-order valence-electron chi connectivity index (χ0n) is 10.6. The predicted molar refractivity (Wildman–Crippen MR) is 65.1 cm³/mol. The molecule has 2 atom stereocenters. The van der Waals surface area contributed by atoms with Crippen molar-refractivity contribution in [1.29, 1.82) is 0 Å². The van der Waals surface area contributed by atoms with Gasteiger partial charge in [-0.05, 0) is 38.6 Å². The van der Waals surface area contributed by atoms with Gasteiger partial charge >= 0.3 is 0 Å². The van der Waals surface area contributed by atoms with E-state index in [9.17, 15) is 0 Å². The first-order valence-electron chi connectivity index (χ1n) is 6.55. The fourth-order valence-electron chi connectivity index (χ4n) is 2.76. The van der Waals surface area contributed by atoms with Crippen molar-refractivity contribution in [3.8, 4) is 0 Å². The number of methoxy groups -OCH3 is 1. The molecule has 1 aliphatic rings. The van der Waals surface area contributed by atoms with Crippen LogP contribution in [-0.2, 0) is 4.74 Å². The van der Waals surface area contributed by atoms with Gasteiger partial charge in [0.1, 0.15) is 0 Å². The van der Waals surface area contributed by atoms with Gasteiger partial charge in [0.15, 0.2) is 0 Å². The Morgan fingerprint density at radius 3 is 2.47 bits per heavy atom. The molecule has 1 fully saturated rings. The van der Waals surface area contributed by atoms with Crippen LogP contribution in [0.1, 0.15) is 52.4 Å². The molecule has 2 heteroatoms. The van der Waals surface area contributed by atoms with E-state index >= 15 is 0 Å². The first-order chi connectivity index (χ1) is 7.29. The number of hydrogen-bond donors (Lipinski definition) is 1. The summed E-state index contributed by atoms with van der Waals surface area (Å²) in [6.07, 6.45) is 8.54. The molecule has 1 saturated carbocycles. The fourth-order valence-corrected chi connectivity index (χ4v) is 2.76. The third kappa shape index (κ3) is 4.12. The molecular weight excluding hydrogens is 186 g/mol. The van der Waals surface area contributed by atoms with E-state index in [1.54, 1.807) is 0 Å². The van der Waals surface area contributed by atoms with Crippen molar-refractivity contribution in [2.24, 2.45) is 5.92 Å². The van der Waals surface area contributed by atoms with Crippen LogP contribution in [-0.4, -0.2) is 25.8 Å². The normalized spacial score (nSPS) is 22.6. The largest absolute Gasteiger partial charge is 0.380 e. The number of nitrogens with one attached hydrogen (secondary N) is 1. The lowest BCUT2D eigenvalue weighted by molar-refractivity contribution is 0.0129. The molecule has 0 aromatic carbocycles. The molecular formula is C13H27NO. The Morgan fingerprint density at radius 1 is 1.27 bits per heavy atom. The van der Waals surface area contributed by atoms with E-state index in [0.29, 0.717) is 12.1 Å². The minimum Gasteiger partial charge on any atom is -0.380 e. The Morgan fingerprint density at radius 2 is 1.93 bits per heavy atom. The highest BCUT2D eigenvalue weighted by atomic mass is 16.5. The van der Waals surface area contributed by atoms with Crippen LogP contribution < -0.4 is 5.32 Å². The molecule has 1 aliphatic carbocycles. The van der Waals surface area contributed by atoms with Crippen molar-refractivity contribution in [2.45, 2.75) is 64.5 Å². The highest BCUT2D eigenvalue weighted by molar-refractivity contribution is 4.81. The van der Waals surface area contributed by atoms with Gasteiger partial charge in [0, 0.05) is 13.2 Å². The molecule has 0 aromatic heterocycles. The van der Waals surface area contributed by atoms with Crippen LogP contribution in [0.25, 0.3) is 0 Å². The average Bonchev–Trinajstić information content (AvgIpc) is 2.29. The smallest absolute Gasteiger partial charge is 0.0749 e. The van der Waals surface area contributed by atoms with Crippen molar-refractivity contribution in [3.05, 3.63) is 0 Å². The first kappa shape index (κ1) is 13.0. The lowest BCUT2D eigenvalue weighted by Gasteiger charge is -2.33. The van der Waals surface area contributed by atoms with Crippen molar-refractivity contribution in [2.75, 3.05) is 13.7 Å². The van der Waals surface area contributed by atoms with E-state index in [2.05, 4.69) is 19.2 Å². The molecule has 0 aliphatic heterocycles. The van der Waals surface area contributed by atoms with Gasteiger partial charge < -0.3 is 10.1 Å². The molecule has 1 rings (SSSR count). The maximum atomic E-state index is 5.69. The van der Waals surface area contributed by atoms with Crippen LogP contribution in [0.4, 0.5) is 0 Å². The molecule has 0 aromatic rings. The minimum absolute atomic E-state index is 0.414. The van der Waals surface area contributed by atoms with Gasteiger partial charge in [-0.3, -0.25) is 0 Å². The second-order valence-electron chi connectivity index (χ2n) is 4.84. The van der Waals surface area contributed by atoms with Gasteiger partial charge in [-0.15, -0.1) is 0 Å². The van der Waals surface area contributed by atoms with Crippen LogP contribution >= 0.6 is 0 Å². The second-order valence-corrected chi connectivity index (χ2v) is 4.84. The predicted octanol–water partition coefficient (Wildman–Crippen LogP) is 2.97. The highest BCUT2D eigenvalue weighted by Crippen LogP contribution is 2.29. The summed E-state index contributed by atoms with van der Waals surface area (Å²) in [5.41, 5.74) is 0. The minimum atomic E-state index is 0.414. The summed E-state index contributed by atoms with van der Waals surface area (Å²) >= 11 is 0. The van der Waals surface area contributed by atoms with Gasteiger partial charge in [0.2, 0.25) is 0 Å². The Labute approximate surface area is 94.8 Å². The Balaban J connectivity index is 2.37. The average molecular weight is 213 g/mol. The van der Waals surface area contributed by atoms with Crippen LogP contribution in [0.15, 0.2) is 0 Å². The molecule has 2 unspecified atom stereocenters. The monoisotopic (exact) mass is 213 g/mol. The molecule has 0 saturated heterocycles. The summed E-state index contributed by atoms with van der Waals surface area (Å²) in [5, 5.41) is 3.56. The summed E-state index contributed by atoms with van der Waals surface area (Å²) in [7, 11) is 1.86. The van der Waals surface area contributed by atoms with Crippen molar-refractivity contribution >= 4 is 0 Å². The number of rotatable bonds is 6. The van der Waals surface area contributed by atoms with Crippen molar-refractivity contribution < 1.29 is 4.74 Å².